The topological polar surface area (TPSA) is 75.4 Å². The molecule has 0 aliphatic carbocycles. The van der Waals surface area contributed by atoms with E-state index in [1.54, 1.807) is 13.1 Å². The Hall–Kier alpha value is -3.48. The molecule has 3 aromatic rings. The summed E-state index contributed by atoms with van der Waals surface area (Å²) < 4.78 is 19.0. The zero-order valence-electron chi connectivity index (χ0n) is 15.2. The van der Waals surface area contributed by atoms with Gasteiger partial charge in [-0.05, 0) is 24.1 Å². The lowest BCUT2D eigenvalue weighted by Gasteiger charge is -2.25. The third-order valence-electron chi connectivity index (χ3n) is 4.95. The highest BCUT2D eigenvalue weighted by Gasteiger charge is 2.51. The Morgan fingerprint density at radius 3 is 2.50 bits per heavy atom. The Bertz CT molecular complexity index is 1020. The summed E-state index contributed by atoms with van der Waals surface area (Å²) in [6, 6.07) is 14.5. The van der Waals surface area contributed by atoms with Crippen LogP contribution in [0.15, 0.2) is 65.2 Å². The number of hydrogen-bond donors (Lipinski definition) is 1. The van der Waals surface area contributed by atoms with E-state index < -0.39 is 23.3 Å². The van der Waals surface area contributed by atoms with E-state index in [1.165, 1.54) is 24.3 Å². The molecule has 4 rings (SSSR count). The fourth-order valence-electron chi connectivity index (χ4n) is 3.40. The lowest BCUT2D eigenvalue weighted by atomic mass is 9.87. The molecule has 142 valence electrons. The minimum absolute atomic E-state index is 0.0829. The molecule has 0 spiro atoms. The van der Waals surface area contributed by atoms with Gasteiger partial charge in [-0.2, -0.15) is 0 Å². The number of halogens is 1. The first kappa shape index (κ1) is 17.9. The van der Waals surface area contributed by atoms with Crippen molar-refractivity contribution in [2.24, 2.45) is 0 Å². The molecule has 28 heavy (non-hydrogen) atoms. The molecule has 1 fully saturated rings. The second-order valence-electron chi connectivity index (χ2n) is 6.57. The molecule has 3 amide bonds. The van der Waals surface area contributed by atoms with E-state index in [0.29, 0.717) is 17.7 Å². The molecular weight excluding hydrogens is 361 g/mol. The molecule has 2 heterocycles. The van der Waals surface area contributed by atoms with E-state index in [0.717, 1.165) is 10.5 Å². The van der Waals surface area contributed by atoms with Gasteiger partial charge < -0.3 is 9.73 Å². The number of oxazole rings is 1. The fraction of sp³-hybridized carbons (Fsp3) is 0.190. The molecule has 1 aliphatic heterocycles. The summed E-state index contributed by atoms with van der Waals surface area (Å²) in [7, 11) is 0. The van der Waals surface area contributed by atoms with Gasteiger partial charge in [-0.1, -0.05) is 49.4 Å². The Kier molecular flexibility index (Phi) is 4.43. The zero-order chi connectivity index (χ0) is 19.7. The molecule has 1 aromatic heterocycles. The van der Waals surface area contributed by atoms with Crippen LogP contribution < -0.4 is 5.32 Å². The van der Waals surface area contributed by atoms with Crippen molar-refractivity contribution in [1.29, 1.82) is 0 Å². The third kappa shape index (κ3) is 2.94. The maximum absolute atomic E-state index is 13.3. The van der Waals surface area contributed by atoms with E-state index >= 15 is 0 Å². The fourth-order valence-corrected chi connectivity index (χ4v) is 3.40. The van der Waals surface area contributed by atoms with Crippen molar-refractivity contribution in [1.82, 2.24) is 15.2 Å². The monoisotopic (exact) mass is 379 g/mol. The summed E-state index contributed by atoms with van der Waals surface area (Å²) in [5, 5.41) is 2.76. The second kappa shape index (κ2) is 6.92. The average Bonchev–Trinajstić information content (AvgIpc) is 3.28. The molecule has 1 saturated heterocycles. The smallest absolute Gasteiger partial charge is 0.325 e. The summed E-state index contributed by atoms with van der Waals surface area (Å²) in [5.74, 6) is -0.000710. The number of nitrogens with one attached hydrogen (secondary N) is 1. The maximum atomic E-state index is 13.3. The molecule has 1 atom stereocenters. The summed E-state index contributed by atoms with van der Waals surface area (Å²) in [6.45, 7) is 1.71. The first-order valence-electron chi connectivity index (χ1n) is 8.94. The second-order valence-corrected chi connectivity index (χ2v) is 6.57. The molecule has 0 saturated carbocycles. The molecule has 6 nitrogen and oxygen atoms in total. The van der Waals surface area contributed by atoms with Crippen LogP contribution >= 0.6 is 0 Å². The van der Waals surface area contributed by atoms with Crippen molar-refractivity contribution in [2.75, 3.05) is 0 Å². The highest BCUT2D eigenvalue weighted by atomic mass is 19.1. The van der Waals surface area contributed by atoms with Gasteiger partial charge in [-0.3, -0.25) is 9.69 Å². The van der Waals surface area contributed by atoms with Crippen molar-refractivity contribution < 1.29 is 18.4 Å². The number of carbonyl (C=O) groups excluding carboxylic acids is 2. The lowest BCUT2D eigenvalue weighted by molar-refractivity contribution is -0.132. The van der Waals surface area contributed by atoms with Crippen molar-refractivity contribution >= 4 is 11.9 Å². The van der Waals surface area contributed by atoms with Crippen LogP contribution in [0.5, 0.6) is 0 Å². The molecule has 1 aliphatic rings. The molecule has 2 aromatic carbocycles. The molecule has 0 bridgehead atoms. The van der Waals surface area contributed by atoms with Crippen LogP contribution in [-0.2, 0) is 16.9 Å². The highest BCUT2D eigenvalue weighted by Crippen LogP contribution is 2.33. The van der Waals surface area contributed by atoms with Gasteiger partial charge in [-0.15, -0.1) is 0 Å². The number of aromatic nitrogens is 1. The van der Waals surface area contributed by atoms with Gasteiger partial charge in [-0.25, -0.2) is 14.2 Å². The average molecular weight is 379 g/mol. The third-order valence-corrected chi connectivity index (χ3v) is 4.95. The number of benzene rings is 2. The summed E-state index contributed by atoms with van der Waals surface area (Å²) in [6.07, 6.45) is 1.90. The Morgan fingerprint density at radius 1 is 1.11 bits per heavy atom. The predicted octanol–water partition coefficient (Wildman–Crippen LogP) is 3.84. The number of nitrogens with zero attached hydrogens (tertiary/aromatic N) is 2. The van der Waals surface area contributed by atoms with E-state index in [2.05, 4.69) is 10.3 Å². The van der Waals surface area contributed by atoms with Gasteiger partial charge in [0.05, 0.1) is 6.20 Å². The lowest BCUT2D eigenvalue weighted by Crippen LogP contribution is -2.43. The first-order chi connectivity index (χ1) is 13.5. The SMILES string of the molecule is CCC1(c2ccc(F)cc2)NC(=O)N(Cc2ncc(-c3ccccc3)o2)C1=O. The van der Waals surface area contributed by atoms with Crippen LogP contribution in [0.25, 0.3) is 11.3 Å². The zero-order valence-corrected chi connectivity index (χ0v) is 15.2. The van der Waals surface area contributed by atoms with E-state index in [9.17, 15) is 14.0 Å². The van der Waals surface area contributed by atoms with Crippen LogP contribution in [0.3, 0.4) is 0 Å². The quantitative estimate of drug-likeness (QED) is 0.684. The summed E-state index contributed by atoms with van der Waals surface area (Å²) in [5.41, 5.74) is 0.168. The minimum Gasteiger partial charge on any atom is -0.439 e. The number of urea groups is 1. The van der Waals surface area contributed by atoms with E-state index in [1.807, 2.05) is 30.3 Å². The van der Waals surface area contributed by atoms with Crippen LogP contribution in [0.4, 0.5) is 9.18 Å². The highest BCUT2D eigenvalue weighted by molar-refractivity contribution is 6.07. The number of hydrogen-bond acceptors (Lipinski definition) is 4. The van der Waals surface area contributed by atoms with Crippen LogP contribution in [0.1, 0.15) is 24.8 Å². The Morgan fingerprint density at radius 2 is 1.82 bits per heavy atom. The number of imide groups is 1. The van der Waals surface area contributed by atoms with Gasteiger partial charge in [0.25, 0.3) is 5.91 Å². The molecule has 0 radical (unpaired) electrons. The van der Waals surface area contributed by atoms with Crippen LogP contribution in [0, 0.1) is 5.82 Å². The normalized spacial score (nSPS) is 19.1. The van der Waals surface area contributed by atoms with Gasteiger partial charge in [0, 0.05) is 5.56 Å². The van der Waals surface area contributed by atoms with Gasteiger partial charge >= 0.3 is 6.03 Å². The first-order valence-corrected chi connectivity index (χ1v) is 8.94. The van der Waals surface area contributed by atoms with Gasteiger partial charge in [0.2, 0.25) is 5.89 Å². The number of rotatable bonds is 5. The molecule has 1 N–H and O–H groups in total. The van der Waals surface area contributed by atoms with E-state index in [-0.39, 0.29) is 12.4 Å². The van der Waals surface area contributed by atoms with Gasteiger partial charge in [0.15, 0.2) is 5.76 Å². The summed E-state index contributed by atoms with van der Waals surface area (Å²) in [4.78, 5) is 30.9. The maximum Gasteiger partial charge on any atom is 0.325 e. The standard InChI is InChI=1S/C21H18FN3O3/c1-2-21(15-8-10-16(22)11-9-15)19(26)25(20(27)24-21)13-18-23-12-17(28-18)14-6-4-3-5-7-14/h3-12H,2,13H2,1H3,(H,24,27). The molecule has 7 heteroatoms. The molecular formula is C21H18FN3O3. The van der Waals surface area contributed by atoms with Crippen molar-refractivity contribution in [2.45, 2.75) is 25.4 Å². The summed E-state index contributed by atoms with van der Waals surface area (Å²) >= 11 is 0. The Balaban J connectivity index is 1.59. The Labute approximate surface area is 161 Å². The van der Waals surface area contributed by atoms with Crippen molar-refractivity contribution in [3.8, 4) is 11.3 Å². The number of amides is 3. The van der Waals surface area contributed by atoms with E-state index in [4.69, 9.17) is 4.42 Å². The van der Waals surface area contributed by atoms with Crippen molar-refractivity contribution in [3.63, 3.8) is 0 Å². The largest absolute Gasteiger partial charge is 0.439 e. The van der Waals surface area contributed by atoms with Crippen LogP contribution in [0.2, 0.25) is 0 Å². The van der Waals surface area contributed by atoms with Crippen LogP contribution in [-0.4, -0.2) is 21.8 Å². The van der Waals surface area contributed by atoms with Crippen molar-refractivity contribution in [3.05, 3.63) is 78.1 Å². The van der Waals surface area contributed by atoms with Gasteiger partial charge in [0.1, 0.15) is 17.9 Å². The number of carbonyl (C=O) groups is 2. The molecule has 1 unspecified atom stereocenters. The minimum atomic E-state index is -1.22. The predicted molar refractivity (Wildman–Crippen MR) is 99.4 cm³/mol.